The Morgan fingerprint density at radius 3 is 2.08 bits per heavy atom. The number of piperazine rings is 1. The summed E-state index contributed by atoms with van der Waals surface area (Å²) in [6, 6.07) is 7.12. The lowest BCUT2D eigenvalue weighted by molar-refractivity contribution is 0.0521. The molecule has 2 aromatic carbocycles. The maximum atomic E-state index is 12.0. The summed E-state index contributed by atoms with van der Waals surface area (Å²) < 4.78 is 10.4. The third-order valence-corrected chi connectivity index (χ3v) is 8.38. The fourth-order valence-corrected chi connectivity index (χ4v) is 6.10. The Morgan fingerprint density at radius 2 is 1.46 bits per heavy atom. The molecule has 1 unspecified atom stereocenters. The number of carbonyl (C=O) groups is 2. The van der Waals surface area contributed by atoms with Crippen molar-refractivity contribution in [3.05, 3.63) is 68.8 Å². The van der Waals surface area contributed by atoms with Crippen molar-refractivity contribution in [2.75, 3.05) is 39.3 Å². The van der Waals surface area contributed by atoms with Crippen LogP contribution in [0.2, 0.25) is 0 Å². The molecule has 4 aliphatic rings. The van der Waals surface area contributed by atoms with E-state index in [2.05, 4.69) is 15.3 Å². The summed E-state index contributed by atoms with van der Waals surface area (Å²) in [5, 5.41) is 21.1. The molecule has 9 nitrogen and oxygen atoms in total. The van der Waals surface area contributed by atoms with Gasteiger partial charge in [-0.1, -0.05) is 12.1 Å². The lowest BCUT2D eigenvalue weighted by Crippen LogP contribution is -2.49. The molecule has 2 aromatic rings. The SMILES string of the molecule is Cc1c([C@H](CN2CCN(CC(O)c3ccc4c(c3C3CC3)COC4=O)CC2)NO)ccc2c1COC2=O. The Labute approximate surface area is 215 Å². The molecule has 2 fully saturated rings. The van der Waals surface area contributed by atoms with Gasteiger partial charge >= 0.3 is 11.9 Å². The molecule has 0 aromatic heterocycles. The number of aliphatic hydroxyl groups is 1. The molecule has 3 aliphatic heterocycles. The molecule has 2 atom stereocenters. The second-order valence-electron chi connectivity index (χ2n) is 10.6. The molecule has 0 amide bonds. The fourth-order valence-electron chi connectivity index (χ4n) is 6.10. The van der Waals surface area contributed by atoms with E-state index in [9.17, 15) is 19.9 Å². The van der Waals surface area contributed by atoms with Crippen LogP contribution in [-0.2, 0) is 22.7 Å². The summed E-state index contributed by atoms with van der Waals surface area (Å²) >= 11 is 0. The molecule has 1 aliphatic carbocycles. The molecule has 1 saturated heterocycles. The molecule has 37 heavy (non-hydrogen) atoms. The predicted molar refractivity (Wildman–Crippen MR) is 133 cm³/mol. The van der Waals surface area contributed by atoms with Gasteiger partial charge in [0.25, 0.3) is 0 Å². The van der Waals surface area contributed by atoms with Crippen LogP contribution in [0, 0.1) is 6.92 Å². The largest absolute Gasteiger partial charge is 0.457 e. The van der Waals surface area contributed by atoms with Crippen molar-refractivity contribution in [2.45, 2.75) is 51.0 Å². The number of ether oxygens (including phenoxy) is 2. The second kappa shape index (κ2) is 9.81. The quantitative estimate of drug-likeness (QED) is 0.367. The smallest absolute Gasteiger partial charge is 0.338 e. The van der Waals surface area contributed by atoms with Crippen LogP contribution in [0.1, 0.15) is 85.0 Å². The Hall–Kier alpha value is -2.82. The van der Waals surface area contributed by atoms with E-state index >= 15 is 0 Å². The lowest BCUT2D eigenvalue weighted by atomic mass is 9.91. The molecule has 9 heteroatoms. The first-order valence-corrected chi connectivity index (χ1v) is 13.1. The Balaban J connectivity index is 1.08. The molecule has 0 spiro atoms. The first-order chi connectivity index (χ1) is 17.9. The first kappa shape index (κ1) is 24.5. The summed E-state index contributed by atoms with van der Waals surface area (Å²) in [5.41, 5.74) is 9.59. The first-order valence-electron chi connectivity index (χ1n) is 13.1. The van der Waals surface area contributed by atoms with Crippen LogP contribution in [0.15, 0.2) is 24.3 Å². The van der Waals surface area contributed by atoms with Crippen molar-refractivity contribution in [2.24, 2.45) is 0 Å². The maximum absolute atomic E-state index is 12.0. The van der Waals surface area contributed by atoms with Gasteiger partial charge < -0.3 is 19.8 Å². The molecule has 196 valence electrons. The highest BCUT2D eigenvalue weighted by molar-refractivity contribution is 5.94. The summed E-state index contributed by atoms with van der Waals surface area (Å²) in [7, 11) is 0. The van der Waals surface area contributed by atoms with Crippen LogP contribution >= 0.6 is 0 Å². The van der Waals surface area contributed by atoms with Gasteiger partial charge in [0, 0.05) is 50.4 Å². The third kappa shape index (κ3) is 4.55. The van der Waals surface area contributed by atoms with E-state index in [4.69, 9.17) is 9.47 Å². The Bertz CT molecular complexity index is 1230. The van der Waals surface area contributed by atoms with Crippen molar-refractivity contribution >= 4 is 11.9 Å². The third-order valence-electron chi connectivity index (χ3n) is 8.38. The van der Waals surface area contributed by atoms with Crippen molar-refractivity contribution in [1.29, 1.82) is 0 Å². The molecule has 3 heterocycles. The number of benzene rings is 2. The summed E-state index contributed by atoms with van der Waals surface area (Å²) in [6.45, 7) is 6.99. The summed E-state index contributed by atoms with van der Waals surface area (Å²) in [4.78, 5) is 28.5. The number of nitrogens with one attached hydrogen (secondary N) is 1. The van der Waals surface area contributed by atoms with Gasteiger partial charge in [-0.05, 0) is 60.1 Å². The predicted octanol–water partition coefficient (Wildman–Crippen LogP) is 2.58. The molecule has 3 N–H and O–H groups in total. The van der Waals surface area contributed by atoms with Crippen molar-refractivity contribution in [3.8, 4) is 0 Å². The normalized spacial score (nSPS) is 21.4. The fraction of sp³-hybridized carbons (Fsp3) is 0.500. The van der Waals surface area contributed by atoms with Gasteiger partial charge in [0.15, 0.2) is 0 Å². The zero-order chi connectivity index (χ0) is 25.7. The number of hydroxylamine groups is 1. The Morgan fingerprint density at radius 1 is 0.892 bits per heavy atom. The summed E-state index contributed by atoms with van der Waals surface area (Å²) in [6.07, 6.45) is 1.57. The second-order valence-corrected chi connectivity index (χ2v) is 10.6. The zero-order valence-electron chi connectivity index (χ0n) is 21.0. The number of rotatable bonds is 8. The summed E-state index contributed by atoms with van der Waals surface area (Å²) in [5.74, 6) is -0.134. The minimum Gasteiger partial charge on any atom is -0.457 e. The van der Waals surface area contributed by atoms with Crippen LogP contribution < -0.4 is 5.48 Å². The molecular weight excluding hydrogens is 474 g/mol. The number of carbonyl (C=O) groups excluding carboxylic acids is 2. The number of cyclic esters (lactones) is 2. The van der Waals surface area contributed by atoms with E-state index < -0.39 is 6.10 Å². The number of esters is 2. The van der Waals surface area contributed by atoms with E-state index in [1.54, 1.807) is 12.1 Å². The average molecular weight is 508 g/mol. The van der Waals surface area contributed by atoms with Crippen molar-refractivity contribution in [1.82, 2.24) is 15.3 Å². The topological polar surface area (TPSA) is 112 Å². The van der Waals surface area contributed by atoms with Gasteiger partial charge in [0.05, 0.1) is 23.3 Å². The molecule has 1 saturated carbocycles. The minimum atomic E-state index is -0.617. The van der Waals surface area contributed by atoms with Crippen LogP contribution in [-0.4, -0.2) is 71.3 Å². The molecular formula is C28H33N3O6. The minimum absolute atomic E-state index is 0.262. The maximum Gasteiger partial charge on any atom is 0.338 e. The molecule has 0 radical (unpaired) electrons. The van der Waals surface area contributed by atoms with Crippen LogP contribution in [0.4, 0.5) is 0 Å². The van der Waals surface area contributed by atoms with E-state index in [1.807, 2.05) is 19.1 Å². The van der Waals surface area contributed by atoms with Gasteiger partial charge in [-0.25, -0.2) is 9.59 Å². The van der Waals surface area contributed by atoms with Gasteiger partial charge in [0.2, 0.25) is 0 Å². The lowest BCUT2D eigenvalue weighted by Gasteiger charge is -2.37. The van der Waals surface area contributed by atoms with E-state index in [0.29, 0.717) is 36.7 Å². The van der Waals surface area contributed by atoms with Crippen LogP contribution in [0.5, 0.6) is 0 Å². The van der Waals surface area contributed by atoms with Gasteiger partial charge in [0.1, 0.15) is 13.2 Å². The molecule has 6 rings (SSSR count). The van der Waals surface area contributed by atoms with Crippen LogP contribution in [0.3, 0.4) is 0 Å². The number of β-amino-alcohol motifs (C(OH)–C–C–N with tert-alkyl or cyclic N) is 1. The zero-order valence-corrected chi connectivity index (χ0v) is 21.0. The van der Waals surface area contributed by atoms with E-state index in [0.717, 1.165) is 72.4 Å². The van der Waals surface area contributed by atoms with Crippen molar-refractivity contribution < 1.29 is 29.4 Å². The average Bonchev–Trinajstić information content (AvgIpc) is 3.58. The Kier molecular flexibility index (Phi) is 6.50. The van der Waals surface area contributed by atoms with Crippen LogP contribution in [0.25, 0.3) is 0 Å². The number of hydrogen-bond acceptors (Lipinski definition) is 9. The number of aliphatic hydroxyl groups excluding tert-OH is 1. The number of nitrogens with zero attached hydrogens (tertiary/aromatic N) is 2. The van der Waals surface area contributed by atoms with Crippen molar-refractivity contribution in [3.63, 3.8) is 0 Å². The highest BCUT2D eigenvalue weighted by Crippen LogP contribution is 2.47. The standard InChI is InChI=1S/C28H33N3O6/c1-16-18(4-5-19-22(16)14-36-27(19)33)24(29-35)12-30-8-10-31(11-9-30)13-25(32)21-7-6-20-23(15-37-28(20)34)26(21)17-2-3-17/h4-7,17,24-25,29,32,35H,2-3,8-15H2,1H3/t24-,25?/m0/s1. The number of hydrogen-bond donors (Lipinski definition) is 3. The van der Waals surface area contributed by atoms with Gasteiger partial charge in [-0.15, -0.1) is 0 Å². The van der Waals surface area contributed by atoms with Gasteiger partial charge in [-0.2, -0.15) is 5.48 Å². The highest BCUT2D eigenvalue weighted by Gasteiger charge is 2.36. The van der Waals surface area contributed by atoms with Gasteiger partial charge in [-0.3, -0.25) is 9.80 Å². The van der Waals surface area contributed by atoms with E-state index in [1.165, 1.54) is 0 Å². The number of fused-ring (bicyclic) bond motifs is 2. The monoisotopic (exact) mass is 507 g/mol. The molecule has 0 bridgehead atoms. The van der Waals surface area contributed by atoms with E-state index in [-0.39, 0.29) is 24.6 Å². The highest BCUT2D eigenvalue weighted by atomic mass is 16.5.